The molecule has 188 valence electrons. The highest BCUT2D eigenvalue weighted by molar-refractivity contribution is 6.31. The SMILES string of the molecule is O=C(Nc1cc(Cl)ccc1N1CCN(C(=O)c2ccccc2F)CC1)c1c(F)c(F)c(F)c(F)c1F. The van der Waals surface area contributed by atoms with Crippen molar-refractivity contribution in [2.24, 2.45) is 0 Å². The maximum atomic E-state index is 14.1. The van der Waals surface area contributed by atoms with E-state index in [0.717, 1.165) is 0 Å². The lowest BCUT2D eigenvalue weighted by molar-refractivity contribution is 0.0742. The molecular weight excluding hydrogens is 512 g/mol. The molecule has 3 aromatic rings. The van der Waals surface area contributed by atoms with Crippen LogP contribution in [0.15, 0.2) is 42.5 Å². The van der Waals surface area contributed by atoms with Gasteiger partial charge < -0.3 is 15.1 Å². The molecule has 1 aliphatic rings. The van der Waals surface area contributed by atoms with E-state index in [1.54, 1.807) is 11.0 Å². The van der Waals surface area contributed by atoms with Gasteiger partial charge in [-0.3, -0.25) is 9.59 Å². The Morgan fingerprint density at radius 1 is 0.778 bits per heavy atom. The molecule has 4 rings (SSSR count). The molecule has 1 N–H and O–H groups in total. The molecule has 1 heterocycles. The summed E-state index contributed by atoms with van der Waals surface area (Å²) < 4.78 is 82.6. The van der Waals surface area contributed by atoms with Crippen LogP contribution in [-0.4, -0.2) is 42.9 Å². The second kappa shape index (κ2) is 10.1. The Morgan fingerprint density at radius 3 is 1.97 bits per heavy atom. The highest BCUT2D eigenvalue weighted by atomic mass is 35.5. The van der Waals surface area contributed by atoms with Crippen molar-refractivity contribution in [3.05, 3.63) is 93.5 Å². The topological polar surface area (TPSA) is 52.7 Å². The number of amides is 2. The third-order valence-corrected chi connectivity index (χ3v) is 5.89. The van der Waals surface area contributed by atoms with Crippen LogP contribution in [0.4, 0.5) is 37.7 Å². The van der Waals surface area contributed by atoms with Crippen molar-refractivity contribution < 1.29 is 35.9 Å². The molecule has 1 aliphatic heterocycles. The highest BCUT2D eigenvalue weighted by Crippen LogP contribution is 2.32. The molecule has 36 heavy (non-hydrogen) atoms. The van der Waals surface area contributed by atoms with Crippen LogP contribution in [0.3, 0.4) is 0 Å². The van der Waals surface area contributed by atoms with Crippen LogP contribution >= 0.6 is 11.6 Å². The molecule has 0 unspecified atom stereocenters. The number of halogens is 7. The Hall–Kier alpha value is -3.73. The minimum atomic E-state index is -2.38. The Bertz CT molecular complexity index is 1330. The van der Waals surface area contributed by atoms with Crippen molar-refractivity contribution >= 4 is 34.8 Å². The van der Waals surface area contributed by atoms with E-state index in [-0.39, 0.29) is 42.5 Å². The number of nitrogens with one attached hydrogen (secondary N) is 1. The number of hydrogen-bond acceptors (Lipinski definition) is 3. The maximum Gasteiger partial charge on any atom is 0.261 e. The van der Waals surface area contributed by atoms with Gasteiger partial charge in [0.15, 0.2) is 23.3 Å². The standard InChI is InChI=1S/C24H16ClF6N3O2/c25-12-5-6-16(33-7-9-34(10-8-33)24(36)13-3-1-2-4-14(13)26)15(11-12)32-23(35)17-18(27)20(29)22(31)21(30)19(17)28/h1-6,11H,7-10H2,(H,32,35). The molecule has 1 fully saturated rings. The fraction of sp³-hybridized carbons (Fsp3) is 0.167. The van der Waals surface area contributed by atoms with Gasteiger partial charge in [-0.25, -0.2) is 26.3 Å². The maximum absolute atomic E-state index is 14.1. The number of anilines is 2. The average Bonchev–Trinajstić information content (AvgIpc) is 2.86. The summed E-state index contributed by atoms with van der Waals surface area (Å²) in [5, 5.41) is 2.28. The van der Waals surface area contributed by atoms with Gasteiger partial charge in [0, 0.05) is 31.2 Å². The second-order valence-electron chi connectivity index (χ2n) is 7.82. The molecule has 1 saturated heterocycles. The molecule has 3 aromatic carbocycles. The lowest BCUT2D eigenvalue weighted by atomic mass is 10.1. The van der Waals surface area contributed by atoms with Crippen LogP contribution in [0.2, 0.25) is 5.02 Å². The van der Waals surface area contributed by atoms with Crippen LogP contribution in [0.1, 0.15) is 20.7 Å². The van der Waals surface area contributed by atoms with Crippen molar-refractivity contribution in [3.8, 4) is 0 Å². The number of rotatable bonds is 4. The van der Waals surface area contributed by atoms with E-state index in [9.17, 15) is 35.9 Å². The Labute approximate surface area is 205 Å². The second-order valence-corrected chi connectivity index (χ2v) is 8.26. The molecule has 0 spiro atoms. The average molecular weight is 528 g/mol. The van der Waals surface area contributed by atoms with Gasteiger partial charge in [-0.2, -0.15) is 0 Å². The fourth-order valence-corrected chi connectivity index (χ4v) is 4.00. The van der Waals surface area contributed by atoms with Gasteiger partial charge in [0.1, 0.15) is 11.4 Å². The van der Waals surface area contributed by atoms with Gasteiger partial charge in [0.05, 0.1) is 16.9 Å². The van der Waals surface area contributed by atoms with Gasteiger partial charge in [-0.1, -0.05) is 23.7 Å². The molecule has 0 bridgehead atoms. The first kappa shape index (κ1) is 25.4. The first-order valence-electron chi connectivity index (χ1n) is 10.5. The van der Waals surface area contributed by atoms with E-state index in [0.29, 0.717) is 5.69 Å². The first-order valence-corrected chi connectivity index (χ1v) is 10.9. The summed E-state index contributed by atoms with van der Waals surface area (Å²) in [4.78, 5) is 28.4. The summed E-state index contributed by atoms with van der Waals surface area (Å²) in [6.45, 7) is 0.822. The Balaban J connectivity index is 1.55. The third kappa shape index (κ3) is 4.70. The van der Waals surface area contributed by atoms with Gasteiger partial charge in [-0.05, 0) is 30.3 Å². The lowest BCUT2D eigenvalue weighted by Gasteiger charge is -2.37. The van der Waals surface area contributed by atoms with Crippen LogP contribution in [0.5, 0.6) is 0 Å². The van der Waals surface area contributed by atoms with Crippen molar-refractivity contribution in [3.63, 3.8) is 0 Å². The summed E-state index contributed by atoms with van der Waals surface area (Å²) in [5.41, 5.74) is -1.44. The summed E-state index contributed by atoms with van der Waals surface area (Å²) in [6, 6.07) is 9.77. The quantitative estimate of drug-likeness (QED) is 0.281. The van der Waals surface area contributed by atoms with Crippen LogP contribution < -0.4 is 10.2 Å². The van der Waals surface area contributed by atoms with Crippen molar-refractivity contribution in [1.82, 2.24) is 4.90 Å². The zero-order chi connectivity index (χ0) is 26.1. The summed E-state index contributed by atoms with van der Waals surface area (Å²) in [7, 11) is 0. The summed E-state index contributed by atoms with van der Waals surface area (Å²) in [5.74, 6) is -14.1. The van der Waals surface area contributed by atoms with Gasteiger partial charge >= 0.3 is 0 Å². The zero-order valence-corrected chi connectivity index (χ0v) is 19.0. The molecule has 5 nitrogen and oxygen atoms in total. The predicted octanol–water partition coefficient (Wildman–Crippen LogP) is 5.39. The van der Waals surface area contributed by atoms with Crippen molar-refractivity contribution in [2.75, 3.05) is 36.4 Å². The lowest BCUT2D eigenvalue weighted by Crippen LogP contribution is -2.49. The van der Waals surface area contributed by atoms with Crippen LogP contribution in [0.25, 0.3) is 0 Å². The van der Waals surface area contributed by atoms with E-state index in [4.69, 9.17) is 11.6 Å². The molecule has 0 aliphatic carbocycles. The normalized spacial score (nSPS) is 13.6. The van der Waals surface area contributed by atoms with Crippen molar-refractivity contribution in [1.29, 1.82) is 0 Å². The van der Waals surface area contributed by atoms with Gasteiger partial charge in [0.2, 0.25) is 5.82 Å². The fourth-order valence-electron chi connectivity index (χ4n) is 3.83. The van der Waals surface area contributed by atoms with Crippen LogP contribution in [-0.2, 0) is 0 Å². The van der Waals surface area contributed by atoms with E-state index < -0.39 is 52.3 Å². The zero-order valence-electron chi connectivity index (χ0n) is 18.2. The number of nitrogens with zero attached hydrogens (tertiary/aromatic N) is 2. The van der Waals surface area contributed by atoms with Crippen LogP contribution in [0, 0.1) is 34.9 Å². The number of piperazine rings is 1. The minimum Gasteiger partial charge on any atom is -0.366 e. The minimum absolute atomic E-state index is 0.0506. The van der Waals surface area contributed by atoms with Gasteiger partial charge in [-0.15, -0.1) is 0 Å². The smallest absolute Gasteiger partial charge is 0.261 e. The van der Waals surface area contributed by atoms with E-state index in [2.05, 4.69) is 5.32 Å². The largest absolute Gasteiger partial charge is 0.366 e. The van der Waals surface area contributed by atoms with Gasteiger partial charge in [0.25, 0.3) is 11.8 Å². The monoisotopic (exact) mass is 527 g/mol. The molecular formula is C24H16ClF6N3O2. The molecule has 0 aromatic heterocycles. The number of carbonyl (C=O) groups is 2. The molecule has 0 radical (unpaired) electrons. The highest BCUT2D eigenvalue weighted by Gasteiger charge is 2.31. The molecule has 0 atom stereocenters. The van der Waals surface area contributed by atoms with E-state index >= 15 is 0 Å². The van der Waals surface area contributed by atoms with E-state index in [1.807, 2.05) is 0 Å². The number of carbonyl (C=O) groups excluding carboxylic acids is 2. The molecule has 12 heteroatoms. The first-order chi connectivity index (χ1) is 17.1. The summed E-state index contributed by atoms with van der Waals surface area (Å²) in [6.07, 6.45) is 0. The Morgan fingerprint density at radius 2 is 1.36 bits per heavy atom. The third-order valence-electron chi connectivity index (χ3n) is 5.66. The molecule has 2 amide bonds. The molecule has 0 saturated carbocycles. The van der Waals surface area contributed by atoms with Crippen molar-refractivity contribution in [2.45, 2.75) is 0 Å². The Kier molecular flexibility index (Phi) is 7.11. The number of hydrogen-bond donors (Lipinski definition) is 1. The van der Waals surface area contributed by atoms with E-state index in [1.165, 1.54) is 41.3 Å². The predicted molar refractivity (Wildman–Crippen MR) is 120 cm³/mol. The number of benzene rings is 3. The summed E-state index contributed by atoms with van der Waals surface area (Å²) >= 11 is 5.99.